The number of esters is 1. The summed E-state index contributed by atoms with van der Waals surface area (Å²) >= 11 is 6.33. The molecule has 0 unspecified atom stereocenters. The maximum Gasteiger partial charge on any atom is 0.339 e. The van der Waals surface area contributed by atoms with Gasteiger partial charge in [0.05, 0.1) is 16.8 Å². The molecule has 1 aliphatic rings. The molecule has 6 heteroatoms. The number of rotatable bonds is 4. The minimum Gasteiger partial charge on any atom is -0.452 e. The van der Waals surface area contributed by atoms with Crippen molar-refractivity contribution in [3.8, 4) is 0 Å². The minimum absolute atomic E-state index is 0.266. The van der Waals surface area contributed by atoms with Gasteiger partial charge in [-0.2, -0.15) is 0 Å². The minimum atomic E-state index is -0.501. The number of allylic oxidation sites excluding steroid dienone is 1. The second-order valence-corrected chi connectivity index (χ2v) is 7.79. The molecule has 0 fully saturated rings. The molecule has 0 radical (unpaired) electrons. The molecular formula is C24H21ClN2O3. The number of aromatic nitrogens is 1. The summed E-state index contributed by atoms with van der Waals surface area (Å²) in [5.74, 6) is -0.767. The van der Waals surface area contributed by atoms with Crippen molar-refractivity contribution in [2.75, 3.05) is 20.7 Å². The van der Waals surface area contributed by atoms with Crippen LogP contribution in [0.15, 0.2) is 48.5 Å². The lowest BCUT2D eigenvalue weighted by Crippen LogP contribution is -2.27. The van der Waals surface area contributed by atoms with Gasteiger partial charge in [0.25, 0.3) is 5.91 Å². The van der Waals surface area contributed by atoms with Crippen molar-refractivity contribution in [2.45, 2.75) is 12.8 Å². The van der Waals surface area contributed by atoms with Gasteiger partial charge in [0.2, 0.25) is 0 Å². The van der Waals surface area contributed by atoms with E-state index in [-0.39, 0.29) is 12.5 Å². The third-order valence-electron chi connectivity index (χ3n) is 5.21. The number of hydrogen-bond donors (Lipinski definition) is 0. The van der Waals surface area contributed by atoms with E-state index in [1.165, 1.54) is 4.90 Å². The Hall–Kier alpha value is -3.18. The number of amides is 1. The summed E-state index contributed by atoms with van der Waals surface area (Å²) in [5, 5.41) is 1.40. The number of halogens is 1. The number of para-hydroxylation sites is 1. The first-order valence-electron chi connectivity index (χ1n) is 9.70. The molecule has 1 aromatic heterocycles. The van der Waals surface area contributed by atoms with Crippen LogP contribution < -0.4 is 0 Å². The Morgan fingerprint density at radius 3 is 2.60 bits per heavy atom. The molecule has 0 spiro atoms. The van der Waals surface area contributed by atoms with Gasteiger partial charge in [-0.05, 0) is 47.8 Å². The molecule has 30 heavy (non-hydrogen) atoms. The Kier molecular flexibility index (Phi) is 5.55. The fraction of sp³-hybridized carbons (Fsp3) is 0.208. The predicted molar refractivity (Wildman–Crippen MR) is 118 cm³/mol. The van der Waals surface area contributed by atoms with Crippen LogP contribution >= 0.6 is 11.6 Å². The molecule has 1 heterocycles. The molecule has 1 aliphatic carbocycles. The first-order chi connectivity index (χ1) is 14.5. The van der Waals surface area contributed by atoms with E-state index < -0.39 is 5.97 Å². The number of hydrogen-bond acceptors (Lipinski definition) is 4. The lowest BCUT2D eigenvalue weighted by molar-refractivity contribution is -0.131. The average molecular weight is 421 g/mol. The van der Waals surface area contributed by atoms with Crippen LogP contribution in [-0.2, 0) is 16.0 Å². The number of nitrogens with zero attached hydrogens (tertiary/aromatic N) is 2. The number of fused-ring (bicyclic) bond motifs is 2. The van der Waals surface area contributed by atoms with Gasteiger partial charge in [-0.15, -0.1) is 0 Å². The molecule has 1 amide bonds. The Balaban J connectivity index is 1.79. The van der Waals surface area contributed by atoms with Crippen LogP contribution in [0.1, 0.15) is 33.6 Å². The predicted octanol–water partition coefficient (Wildman–Crippen LogP) is 4.62. The summed E-state index contributed by atoms with van der Waals surface area (Å²) in [4.78, 5) is 31.1. The molecule has 2 aromatic carbocycles. The summed E-state index contributed by atoms with van der Waals surface area (Å²) in [6.07, 6.45) is 3.46. The van der Waals surface area contributed by atoms with Crippen LogP contribution in [0.5, 0.6) is 0 Å². The van der Waals surface area contributed by atoms with E-state index in [9.17, 15) is 9.59 Å². The van der Waals surface area contributed by atoms with Crippen molar-refractivity contribution in [3.63, 3.8) is 0 Å². The normalized spacial score (nSPS) is 14.0. The first kappa shape index (κ1) is 20.1. The van der Waals surface area contributed by atoms with E-state index in [1.54, 1.807) is 14.1 Å². The number of carbonyl (C=O) groups is 2. The maximum atomic E-state index is 13.0. The zero-order valence-electron chi connectivity index (χ0n) is 16.8. The summed E-state index contributed by atoms with van der Waals surface area (Å²) in [7, 11) is 3.25. The van der Waals surface area contributed by atoms with Crippen molar-refractivity contribution in [3.05, 3.63) is 75.9 Å². The molecule has 0 aliphatic heterocycles. The molecule has 4 rings (SSSR count). The third kappa shape index (κ3) is 3.81. The number of ether oxygens (including phenoxy) is 1. The van der Waals surface area contributed by atoms with Gasteiger partial charge in [-0.25, -0.2) is 9.78 Å². The second-order valence-electron chi connectivity index (χ2n) is 7.39. The van der Waals surface area contributed by atoms with Gasteiger partial charge in [-0.3, -0.25) is 4.79 Å². The van der Waals surface area contributed by atoms with E-state index in [2.05, 4.69) is 0 Å². The highest BCUT2D eigenvalue weighted by Gasteiger charge is 2.28. The fourth-order valence-electron chi connectivity index (χ4n) is 3.62. The molecule has 3 aromatic rings. The largest absolute Gasteiger partial charge is 0.452 e. The van der Waals surface area contributed by atoms with Crippen LogP contribution in [-0.4, -0.2) is 42.5 Å². The summed E-state index contributed by atoms with van der Waals surface area (Å²) in [6.45, 7) is -0.292. The fourth-order valence-corrected chi connectivity index (χ4v) is 3.81. The van der Waals surface area contributed by atoms with Crippen molar-refractivity contribution >= 4 is 46.0 Å². The van der Waals surface area contributed by atoms with Gasteiger partial charge < -0.3 is 9.64 Å². The van der Waals surface area contributed by atoms with Gasteiger partial charge >= 0.3 is 5.97 Å². The molecule has 152 valence electrons. The number of carbonyl (C=O) groups excluding carboxylic acids is 2. The van der Waals surface area contributed by atoms with E-state index in [4.69, 9.17) is 21.3 Å². The molecule has 0 saturated heterocycles. The smallest absolute Gasteiger partial charge is 0.339 e. The topological polar surface area (TPSA) is 59.5 Å². The van der Waals surface area contributed by atoms with Gasteiger partial charge in [-0.1, -0.05) is 48.0 Å². The molecular weight excluding hydrogens is 400 g/mol. The van der Waals surface area contributed by atoms with E-state index in [0.717, 1.165) is 34.2 Å². The summed E-state index contributed by atoms with van der Waals surface area (Å²) in [5.41, 5.74) is 4.80. The maximum absolute atomic E-state index is 13.0. The number of likely N-dealkylation sites (N-methyl/N-ethyl adjacent to an activating group) is 1. The monoisotopic (exact) mass is 420 g/mol. The van der Waals surface area contributed by atoms with Crippen LogP contribution in [0.25, 0.3) is 22.6 Å². The summed E-state index contributed by atoms with van der Waals surface area (Å²) < 4.78 is 5.36. The molecule has 0 bridgehead atoms. The first-order valence-corrected chi connectivity index (χ1v) is 10.1. The lowest BCUT2D eigenvalue weighted by Gasteiger charge is -2.14. The van der Waals surface area contributed by atoms with Gasteiger partial charge in [0, 0.05) is 24.5 Å². The van der Waals surface area contributed by atoms with E-state index in [1.807, 2.05) is 54.6 Å². The summed E-state index contributed by atoms with van der Waals surface area (Å²) in [6, 6.07) is 15.1. The lowest BCUT2D eigenvalue weighted by atomic mass is 10.0. The quantitative estimate of drug-likeness (QED) is 0.578. The van der Waals surface area contributed by atoms with Crippen molar-refractivity contribution in [1.29, 1.82) is 0 Å². The molecule has 5 nitrogen and oxygen atoms in total. The van der Waals surface area contributed by atoms with Gasteiger partial charge in [0.15, 0.2) is 6.61 Å². The molecule has 0 N–H and O–H groups in total. The highest BCUT2D eigenvalue weighted by Crippen LogP contribution is 2.38. The van der Waals surface area contributed by atoms with E-state index >= 15 is 0 Å². The zero-order chi connectivity index (χ0) is 21.3. The standard InChI is InChI=1S/C24H21ClN2O3/c1-27(2)21(28)14-30-24(29)22-17-8-4-6-10-20(17)26-23-16(11-12-18(22)23)13-15-7-3-5-9-19(15)25/h3-10,13H,11-12,14H2,1-2H3. The Labute approximate surface area is 179 Å². The van der Waals surface area contributed by atoms with Crippen LogP contribution in [0.4, 0.5) is 0 Å². The highest BCUT2D eigenvalue weighted by molar-refractivity contribution is 6.32. The Morgan fingerprint density at radius 1 is 1.10 bits per heavy atom. The van der Waals surface area contributed by atoms with Crippen molar-refractivity contribution < 1.29 is 14.3 Å². The Morgan fingerprint density at radius 2 is 1.83 bits per heavy atom. The number of benzene rings is 2. The SMILES string of the molecule is CN(C)C(=O)COC(=O)c1c2c(nc3ccccc13)C(=Cc1ccccc1Cl)CC2. The molecule has 0 saturated carbocycles. The van der Waals surface area contributed by atoms with Crippen LogP contribution in [0, 0.1) is 0 Å². The average Bonchev–Trinajstić information content (AvgIpc) is 3.13. The van der Waals surface area contributed by atoms with Crippen molar-refractivity contribution in [2.24, 2.45) is 0 Å². The molecule has 0 atom stereocenters. The number of pyridine rings is 1. The third-order valence-corrected chi connectivity index (χ3v) is 5.55. The van der Waals surface area contributed by atoms with Crippen LogP contribution in [0.2, 0.25) is 5.02 Å². The highest BCUT2D eigenvalue weighted by atomic mass is 35.5. The Bertz CT molecular complexity index is 1180. The van der Waals surface area contributed by atoms with Gasteiger partial charge in [0.1, 0.15) is 0 Å². The van der Waals surface area contributed by atoms with Crippen LogP contribution in [0.3, 0.4) is 0 Å². The van der Waals surface area contributed by atoms with E-state index in [0.29, 0.717) is 22.5 Å². The zero-order valence-corrected chi connectivity index (χ0v) is 17.6. The second kappa shape index (κ2) is 8.28. The van der Waals surface area contributed by atoms with Crippen molar-refractivity contribution in [1.82, 2.24) is 9.88 Å².